The highest BCUT2D eigenvalue weighted by atomic mass is 28.4. The van der Waals surface area contributed by atoms with Crippen LogP contribution in [0.15, 0.2) is 0 Å². The standard InChI is InChI=1S/C12H25NO2Si/c1-12(2,3)16(4,5)15-7-6-9-8-10(9)11(13)14/h9-10H,6-8H2,1-5H3,(H2,13,14)/t9-,10+/m0/s1. The van der Waals surface area contributed by atoms with E-state index in [1.807, 2.05) is 0 Å². The average Bonchev–Trinajstić information content (AvgIpc) is 2.81. The van der Waals surface area contributed by atoms with Crippen LogP contribution in [-0.4, -0.2) is 20.8 Å². The van der Waals surface area contributed by atoms with Crippen molar-refractivity contribution in [3.8, 4) is 0 Å². The van der Waals surface area contributed by atoms with E-state index in [1.54, 1.807) is 0 Å². The highest BCUT2D eigenvalue weighted by Gasteiger charge is 2.42. The number of carbonyl (C=O) groups excluding carboxylic acids is 1. The van der Waals surface area contributed by atoms with E-state index in [0.29, 0.717) is 5.92 Å². The molecule has 0 aromatic rings. The Morgan fingerprint density at radius 1 is 1.44 bits per heavy atom. The summed E-state index contributed by atoms with van der Waals surface area (Å²) in [6, 6.07) is 0. The molecule has 0 unspecified atom stereocenters. The van der Waals surface area contributed by atoms with Crippen LogP contribution in [0.2, 0.25) is 18.1 Å². The van der Waals surface area contributed by atoms with Crippen LogP contribution in [0.25, 0.3) is 0 Å². The molecule has 0 saturated heterocycles. The quantitative estimate of drug-likeness (QED) is 0.754. The fourth-order valence-corrected chi connectivity index (χ4v) is 2.66. The first-order valence-electron chi connectivity index (χ1n) is 6.08. The van der Waals surface area contributed by atoms with Crippen molar-refractivity contribution < 1.29 is 9.22 Å². The lowest BCUT2D eigenvalue weighted by molar-refractivity contribution is -0.119. The highest BCUT2D eigenvalue weighted by Crippen LogP contribution is 2.42. The minimum Gasteiger partial charge on any atom is -0.417 e. The molecule has 1 aliphatic rings. The van der Waals surface area contributed by atoms with Gasteiger partial charge in [0.2, 0.25) is 5.91 Å². The van der Waals surface area contributed by atoms with E-state index < -0.39 is 8.32 Å². The molecule has 0 heterocycles. The third kappa shape index (κ3) is 3.32. The Hall–Kier alpha value is -0.353. The van der Waals surface area contributed by atoms with Crippen molar-refractivity contribution in [3.63, 3.8) is 0 Å². The molecule has 1 amide bonds. The van der Waals surface area contributed by atoms with Gasteiger partial charge in [0.05, 0.1) is 0 Å². The molecule has 0 radical (unpaired) electrons. The minimum atomic E-state index is -1.61. The third-order valence-corrected chi connectivity index (χ3v) is 8.58. The Balaban J connectivity index is 2.24. The average molecular weight is 243 g/mol. The Labute approximate surface area is 99.9 Å². The first-order chi connectivity index (χ1) is 7.15. The topological polar surface area (TPSA) is 52.3 Å². The van der Waals surface area contributed by atoms with E-state index >= 15 is 0 Å². The monoisotopic (exact) mass is 243 g/mol. The number of hydrogen-bond acceptors (Lipinski definition) is 2. The Kier molecular flexibility index (Phi) is 3.85. The van der Waals surface area contributed by atoms with Crippen LogP contribution in [0, 0.1) is 11.8 Å². The molecule has 1 fully saturated rings. The zero-order chi connectivity index (χ0) is 12.6. The normalized spacial score (nSPS) is 25.6. The van der Waals surface area contributed by atoms with Gasteiger partial charge in [0, 0.05) is 12.5 Å². The van der Waals surface area contributed by atoms with Crippen molar-refractivity contribution in [1.82, 2.24) is 0 Å². The molecule has 2 atom stereocenters. The van der Waals surface area contributed by atoms with Gasteiger partial charge in [0.25, 0.3) is 0 Å². The number of carbonyl (C=O) groups is 1. The SMILES string of the molecule is CC(C)(C)[Si](C)(C)OCC[C@H]1C[C@H]1C(N)=O. The van der Waals surface area contributed by atoms with Crippen molar-refractivity contribution in [3.05, 3.63) is 0 Å². The first-order valence-corrected chi connectivity index (χ1v) is 8.99. The Morgan fingerprint density at radius 3 is 2.38 bits per heavy atom. The molecule has 0 aromatic carbocycles. The predicted octanol–water partition coefficient (Wildman–Crippen LogP) is 2.52. The van der Waals surface area contributed by atoms with Gasteiger partial charge >= 0.3 is 0 Å². The molecular formula is C12H25NO2Si. The molecule has 4 heteroatoms. The van der Waals surface area contributed by atoms with E-state index in [4.69, 9.17) is 10.2 Å². The van der Waals surface area contributed by atoms with Gasteiger partial charge in [-0.3, -0.25) is 4.79 Å². The third-order valence-electron chi connectivity index (χ3n) is 4.05. The summed E-state index contributed by atoms with van der Waals surface area (Å²) in [7, 11) is -1.61. The lowest BCUT2D eigenvalue weighted by Gasteiger charge is -2.36. The minimum absolute atomic E-state index is 0.128. The fraction of sp³-hybridized carbons (Fsp3) is 0.917. The Morgan fingerprint density at radius 2 is 2.00 bits per heavy atom. The maximum Gasteiger partial charge on any atom is 0.220 e. The van der Waals surface area contributed by atoms with Crippen LogP contribution in [-0.2, 0) is 9.22 Å². The smallest absolute Gasteiger partial charge is 0.220 e. The Bertz CT molecular complexity index is 271. The van der Waals surface area contributed by atoms with Gasteiger partial charge in [0.15, 0.2) is 8.32 Å². The molecule has 1 saturated carbocycles. The molecule has 2 N–H and O–H groups in total. The zero-order valence-electron chi connectivity index (χ0n) is 11.2. The lowest BCUT2D eigenvalue weighted by atomic mass is 10.2. The van der Waals surface area contributed by atoms with Gasteiger partial charge in [-0.05, 0) is 36.9 Å². The largest absolute Gasteiger partial charge is 0.417 e. The van der Waals surface area contributed by atoms with Gasteiger partial charge < -0.3 is 10.2 Å². The molecule has 0 bridgehead atoms. The summed E-state index contributed by atoms with van der Waals surface area (Å²) in [5.74, 6) is 0.475. The van der Waals surface area contributed by atoms with Crippen LogP contribution >= 0.6 is 0 Å². The summed E-state index contributed by atoms with van der Waals surface area (Å²) >= 11 is 0. The maximum absolute atomic E-state index is 10.9. The van der Waals surface area contributed by atoms with Crippen molar-refractivity contribution in [2.45, 2.75) is 51.7 Å². The van der Waals surface area contributed by atoms with Gasteiger partial charge in [-0.2, -0.15) is 0 Å². The maximum atomic E-state index is 10.9. The van der Waals surface area contributed by atoms with E-state index in [-0.39, 0.29) is 16.9 Å². The molecule has 3 nitrogen and oxygen atoms in total. The molecule has 0 aliphatic heterocycles. The molecular weight excluding hydrogens is 218 g/mol. The van der Waals surface area contributed by atoms with Crippen molar-refractivity contribution in [1.29, 1.82) is 0 Å². The summed E-state index contributed by atoms with van der Waals surface area (Å²) in [4.78, 5) is 10.9. The summed E-state index contributed by atoms with van der Waals surface area (Å²) in [6.07, 6.45) is 1.95. The zero-order valence-corrected chi connectivity index (χ0v) is 12.2. The van der Waals surface area contributed by atoms with Crippen molar-refractivity contribution >= 4 is 14.2 Å². The summed E-state index contributed by atoms with van der Waals surface area (Å²) in [5.41, 5.74) is 5.24. The molecule has 0 aromatic heterocycles. The number of amides is 1. The first kappa shape index (κ1) is 13.7. The van der Waals surface area contributed by atoms with Gasteiger partial charge in [-0.25, -0.2) is 0 Å². The van der Waals surface area contributed by atoms with Crippen LogP contribution < -0.4 is 5.73 Å². The van der Waals surface area contributed by atoms with Crippen molar-refractivity contribution in [2.24, 2.45) is 17.6 Å². The molecule has 1 rings (SSSR count). The number of rotatable bonds is 5. The fourth-order valence-electron chi connectivity index (χ4n) is 1.60. The molecule has 94 valence electrons. The van der Waals surface area contributed by atoms with E-state index in [2.05, 4.69) is 33.9 Å². The number of nitrogens with two attached hydrogens (primary N) is 1. The van der Waals surface area contributed by atoms with Crippen LogP contribution in [0.1, 0.15) is 33.6 Å². The lowest BCUT2D eigenvalue weighted by Crippen LogP contribution is -2.41. The van der Waals surface area contributed by atoms with Gasteiger partial charge in [-0.15, -0.1) is 0 Å². The summed E-state index contributed by atoms with van der Waals surface area (Å²) < 4.78 is 6.06. The second-order valence-electron chi connectivity index (χ2n) is 6.40. The highest BCUT2D eigenvalue weighted by molar-refractivity contribution is 6.74. The number of primary amides is 1. The summed E-state index contributed by atoms with van der Waals surface area (Å²) in [6.45, 7) is 12.0. The molecule has 1 aliphatic carbocycles. The van der Waals surface area contributed by atoms with E-state index in [1.165, 1.54) is 0 Å². The predicted molar refractivity (Wildman–Crippen MR) is 68.6 cm³/mol. The van der Waals surface area contributed by atoms with Crippen molar-refractivity contribution in [2.75, 3.05) is 6.61 Å². The summed E-state index contributed by atoms with van der Waals surface area (Å²) in [5, 5.41) is 0.264. The van der Waals surface area contributed by atoms with Gasteiger partial charge in [0.1, 0.15) is 0 Å². The van der Waals surface area contributed by atoms with Crippen LogP contribution in [0.4, 0.5) is 0 Å². The van der Waals surface area contributed by atoms with E-state index in [9.17, 15) is 4.79 Å². The molecule has 0 spiro atoms. The van der Waals surface area contributed by atoms with Crippen LogP contribution in [0.5, 0.6) is 0 Å². The van der Waals surface area contributed by atoms with E-state index in [0.717, 1.165) is 19.4 Å². The van der Waals surface area contributed by atoms with Crippen LogP contribution in [0.3, 0.4) is 0 Å². The number of hydrogen-bond donors (Lipinski definition) is 1. The second-order valence-corrected chi connectivity index (χ2v) is 11.2. The van der Waals surface area contributed by atoms with Gasteiger partial charge in [-0.1, -0.05) is 20.8 Å². The molecule has 16 heavy (non-hydrogen) atoms. The second kappa shape index (κ2) is 4.49.